The lowest BCUT2D eigenvalue weighted by atomic mass is 9.95. The molecule has 5 rings (SSSR count). The number of aliphatic hydroxyl groups excluding tert-OH is 1. The number of fused-ring (bicyclic) bond motifs is 1. The molecular formula is C26H18BrClN2O3S. The van der Waals surface area contributed by atoms with Crippen molar-refractivity contribution in [1.29, 1.82) is 0 Å². The largest absolute Gasteiger partial charge is 0.507 e. The first-order valence-electron chi connectivity index (χ1n) is 10.6. The van der Waals surface area contributed by atoms with E-state index in [2.05, 4.69) is 33.9 Å². The van der Waals surface area contributed by atoms with E-state index in [1.807, 2.05) is 36.4 Å². The van der Waals surface area contributed by atoms with E-state index in [-0.39, 0.29) is 11.3 Å². The third-order valence-electron chi connectivity index (χ3n) is 5.80. The molecule has 1 aliphatic rings. The molecule has 2 heterocycles. The van der Waals surface area contributed by atoms with E-state index in [4.69, 9.17) is 11.6 Å². The van der Waals surface area contributed by atoms with Crippen LogP contribution in [0.1, 0.15) is 29.7 Å². The summed E-state index contributed by atoms with van der Waals surface area (Å²) in [5, 5.41) is 12.1. The van der Waals surface area contributed by atoms with E-state index >= 15 is 0 Å². The summed E-state index contributed by atoms with van der Waals surface area (Å²) in [6.07, 6.45) is 0.883. The highest BCUT2D eigenvalue weighted by atomic mass is 79.9. The van der Waals surface area contributed by atoms with Crippen LogP contribution in [0.15, 0.2) is 76.8 Å². The summed E-state index contributed by atoms with van der Waals surface area (Å²) in [6, 6.07) is 19.0. The van der Waals surface area contributed by atoms with Crippen molar-refractivity contribution in [1.82, 2.24) is 4.98 Å². The summed E-state index contributed by atoms with van der Waals surface area (Å²) in [7, 11) is 0. The van der Waals surface area contributed by atoms with Crippen LogP contribution < -0.4 is 4.90 Å². The van der Waals surface area contributed by atoms with Gasteiger partial charge in [-0.05, 0) is 66.1 Å². The quantitative estimate of drug-likeness (QED) is 0.169. The number of carbonyl (C=O) groups excluding carboxylic acids is 2. The second kappa shape index (κ2) is 8.98. The maximum atomic E-state index is 13.3. The van der Waals surface area contributed by atoms with Gasteiger partial charge < -0.3 is 5.11 Å². The Labute approximate surface area is 213 Å². The fourth-order valence-corrected chi connectivity index (χ4v) is 5.48. The van der Waals surface area contributed by atoms with Crippen molar-refractivity contribution >= 4 is 71.7 Å². The molecule has 0 bridgehead atoms. The Bertz CT molecular complexity index is 1460. The molecule has 1 fully saturated rings. The van der Waals surface area contributed by atoms with Crippen molar-refractivity contribution in [2.45, 2.75) is 19.4 Å². The first-order chi connectivity index (χ1) is 16.4. The zero-order valence-corrected chi connectivity index (χ0v) is 21.1. The van der Waals surface area contributed by atoms with Crippen molar-refractivity contribution in [3.8, 4) is 0 Å². The van der Waals surface area contributed by atoms with Crippen LogP contribution in [0.5, 0.6) is 0 Å². The second-order valence-electron chi connectivity index (χ2n) is 7.88. The molecule has 0 spiro atoms. The maximum absolute atomic E-state index is 13.3. The van der Waals surface area contributed by atoms with E-state index in [9.17, 15) is 14.7 Å². The molecule has 0 radical (unpaired) electrons. The Kier molecular flexibility index (Phi) is 6.02. The second-order valence-corrected chi connectivity index (χ2v) is 10.2. The fraction of sp³-hybridized carbons (Fsp3) is 0.115. The van der Waals surface area contributed by atoms with Crippen LogP contribution in [0.3, 0.4) is 0 Å². The molecule has 0 aliphatic carbocycles. The number of aryl methyl sites for hydroxylation is 1. The molecule has 1 aliphatic heterocycles. The number of Topliss-reactive ketones (excluding diaryl/α,β-unsaturated/α-hetero) is 1. The van der Waals surface area contributed by atoms with Crippen LogP contribution in [0.4, 0.5) is 5.13 Å². The van der Waals surface area contributed by atoms with Gasteiger partial charge in [-0.3, -0.25) is 14.5 Å². The number of anilines is 1. The van der Waals surface area contributed by atoms with Crippen LogP contribution in [0.25, 0.3) is 16.0 Å². The molecule has 1 atom stereocenters. The standard InChI is InChI=1S/C26H18BrClN2O3S/c1-2-14-3-12-19-20(13-14)34-26(29-19)30-22(15-4-8-17(27)9-5-15)21(24(32)25(30)33)23(31)16-6-10-18(28)11-7-16/h3-13,22,31H,2H2,1H3/t22-/m1/s1. The van der Waals surface area contributed by atoms with Gasteiger partial charge in [-0.1, -0.05) is 64.0 Å². The SMILES string of the molecule is CCc1ccc2nc(N3C(=O)C(=O)C(=C(O)c4ccc(Cl)cc4)[C@H]3c3ccc(Br)cc3)sc2c1. The minimum absolute atomic E-state index is 0.0168. The van der Waals surface area contributed by atoms with Gasteiger partial charge in [-0.2, -0.15) is 0 Å². The number of aliphatic hydroxyl groups is 1. The zero-order chi connectivity index (χ0) is 24.0. The molecule has 1 aromatic heterocycles. The van der Waals surface area contributed by atoms with Gasteiger partial charge >= 0.3 is 5.91 Å². The number of hydrogen-bond donors (Lipinski definition) is 1. The normalized spacial score (nSPS) is 17.6. The lowest BCUT2D eigenvalue weighted by Crippen LogP contribution is -2.29. The highest BCUT2D eigenvalue weighted by Gasteiger charge is 2.48. The van der Waals surface area contributed by atoms with Gasteiger partial charge in [0.15, 0.2) is 5.13 Å². The Hall–Kier alpha value is -3.00. The summed E-state index contributed by atoms with van der Waals surface area (Å²) in [6.45, 7) is 2.08. The summed E-state index contributed by atoms with van der Waals surface area (Å²) < 4.78 is 1.79. The minimum Gasteiger partial charge on any atom is -0.507 e. The number of aromatic nitrogens is 1. The number of nitrogens with zero attached hydrogens (tertiary/aromatic N) is 2. The van der Waals surface area contributed by atoms with Crippen molar-refractivity contribution in [2.24, 2.45) is 0 Å². The van der Waals surface area contributed by atoms with E-state index in [0.717, 1.165) is 26.7 Å². The predicted molar refractivity (Wildman–Crippen MR) is 139 cm³/mol. The number of thiazole rings is 1. The molecule has 1 N–H and O–H groups in total. The zero-order valence-electron chi connectivity index (χ0n) is 18.0. The highest BCUT2D eigenvalue weighted by Crippen LogP contribution is 2.44. The average Bonchev–Trinajstić information content (AvgIpc) is 3.37. The maximum Gasteiger partial charge on any atom is 0.301 e. The average molecular weight is 554 g/mol. The van der Waals surface area contributed by atoms with Crippen molar-refractivity contribution in [3.05, 3.63) is 98.5 Å². The van der Waals surface area contributed by atoms with Gasteiger partial charge in [0.1, 0.15) is 5.76 Å². The van der Waals surface area contributed by atoms with Gasteiger partial charge in [0, 0.05) is 15.1 Å². The molecule has 0 unspecified atom stereocenters. The molecule has 3 aromatic carbocycles. The van der Waals surface area contributed by atoms with Crippen LogP contribution in [0.2, 0.25) is 5.02 Å². The van der Waals surface area contributed by atoms with E-state index in [1.165, 1.54) is 16.2 Å². The molecular weight excluding hydrogens is 536 g/mol. The molecule has 8 heteroatoms. The molecule has 0 saturated carbocycles. The first kappa shape index (κ1) is 22.8. The number of amides is 1. The van der Waals surface area contributed by atoms with Gasteiger partial charge in [0.25, 0.3) is 5.78 Å². The number of benzene rings is 3. The van der Waals surface area contributed by atoms with Crippen molar-refractivity contribution < 1.29 is 14.7 Å². The van der Waals surface area contributed by atoms with Crippen LogP contribution >= 0.6 is 38.9 Å². The lowest BCUT2D eigenvalue weighted by Gasteiger charge is -2.23. The summed E-state index contributed by atoms with van der Waals surface area (Å²) in [5.74, 6) is -1.73. The Balaban J connectivity index is 1.71. The van der Waals surface area contributed by atoms with Gasteiger partial charge in [-0.15, -0.1) is 0 Å². The Morgan fingerprint density at radius 2 is 1.79 bits per heavy atom. The van der Waals surface area contributed by atoms with Crippen molar-refractivity contribution in [3.63, 3.8) is 0 Å². The third kappa shape index (κ3) is 3.94. The first-order valence-corrected chi connectivity index (χ1v) is 12.6. The topological polar surface area (TPSA) is 70.5 Å². The number of carbonyl (C=O) groups is 2. The van der Waals surface area contributed by atoms with E-state index in [0.29, 0.717) is 21.3 Å². The van der Waals surface area contributed by atoms with Gasteiger partial charge in [-0.25, -0.2) is 4.98 Å². The summed E-state index contributed by atoms with van der Waals surface area (Å²) in [5.41, 5.74) is 3.03. The number of hydrogen-bond acceptors (Lipinski definition) is 5. The Morgan fingerprint density at radius 3 is 2.47 bits per heavy atom. The van der Waals surface area contributed by atoms with Crippen LogP contribution in [-0.2, 0) is 16.0 Å². The molecule has 4 aromatic rings. The molecule has 1 saturated heterocycles. The molecule has 1 amide bonds. The molecule has 5 nitrogen and oxygen atoms in total. The van der Waals surface area contributed by atoms with E-state index in [1.54, 1.807) is 24.3 Å². The van der Waals surface area contributed by atoms with E-state index < -0.39 is 17.7 Å². The number of rotatable bonds is 4. The lowest BCUT2D eigenvalue weighted by molar-refractivity contribution is -0.132. The molecule has 170 valence electrons. The van der Waals surface area contributed by atoms with Crippen molar-refractivity contribution in [2.75, 3.05) is 4.90 Å². The highest BCUT2D eigenvalue weighted by molar-refractivity contribution is 9.10. The smallest absolute Gasteiger partial charge is 0.301 e. The summed E-state index contributed by atoms with van der Waals surface area (Å²) >= 11 is 10.8. The summed E-state index contributed by atoms with van der Waals surface area (Å²) in [4.78, 5) is 32.7. The van der Waals surface area contributed by atoms with Gasteiger partial charge in [0.2, 0.25) is 0 Å². The third-order valence-corrected chi connectivity index (χ3v) is 7.60. The molecule has 34 heavy (non-hydrogen) atoms. The number of halogens is 2. The number of ketones is 1. The van der Waals surface area contributed by atoms with Gasteiger partial charge in [0.05, 0.1) is 21.8 Å². The Morgan fingerprint density at radius 1 is 1.09 bits per heavy atom. The minimum atomic E-state index is -0.824. The van der Waals surface area contributed by atoms with Crippen LogP contribution in [0, 0.1) is 0 Å². The fourth-order valence-electron chi connectivity index (χ4n) is 4.03. The van der Waals surface area contributed by atoms with Crippen LogP contribution in [-0.4, -0.2) is 21.8 Å². The predicted octanol–water partition coefficient (Wildman–Crippen LogP) is 6.90. The monoisotopic (exact) mass is 552 g/mol.